The van der Waals surface area contributed by atoms with E-state index in [1.54, 1.807) is 6.08 Å². The highest BCUT2D eigenvalue weighted by molar-refractivity contribution is 6.58. The van der Waals surface area contributed by atoms with Crippen molar-refractivity contribution in [1.82, 2.24) is 0 Å². The molecule has 1 N–H and O–H groups in total. The van der Waals surface area contributed by atoms with Crippen LogP contribution in [0.25, 0.3) is 0 Å². The molecule has 2 saturated heterocycles. The fraction of sp³-hybridized carbons (Fsp3) is 0.273. The second-order valence-corrected chi connectivity index (χ2v) is 13.8. The predicted molar refractivity (Wildman–Crippen MR) is 165 cm³/mol. The molecule has 49 heavy (non-hydrogen) atoms. The van der Waals surface area contributed by atoms with E-state index in [1.807, 2.05) is 0 Å². The van der Waals surface area contributed by atoms with Gasteiger partial charge in [0.1, 0.15) is 17.2 Å². The van der Waals surface area contributed by atoms with Crippen molar-refractivity contribution in [3.05, 3.63) is 93.8 Å². The van der Waals surface area contributed by atoms with Crippen LogP contribution >= 0.6 is 34.8 Å². The molecule has 3 aromatic rings. The Morgan fingerprint density at radius 3 is 2.04 bits per heavy atom. The Kier molecular flexibility index (Phi) is 7.58. The largest absolute Gasteiger partial charge is 0.508 e. The van der Waals surface area contributed by atoms with E-state index in [0.29, 0.717) is 5.02 Å². The highest BCUT2D eigenvalue weighted by atomic mass is 35.5. The third-order valence-corrected chi connectivity index (χ3v) is 11.5. The van der Waals surface area contributed by atoms with Crippen molar-refractivity contribution in [1.29, 1.82) is 0 Å². The van der Waals surface area contributed by atoms with Crippen LogP contribution < -0.4 is 14.5 Å². The maximum absolute atomic E-state index is 15.2. The summed E-state index contributed by atoms with van der Waals surface area (Å²) >= 11 is 20.2. The summed E-state index contributed by atoms with van der Waals surface area (Å²) in [5, 5.41) is 10.5. The minimum atomic E-state index is -2.73. The fourth-order valence-electron chi connectivity index (χ4n) is 7.70. The lowest BCUT2D eigenvalue weighted by molar-refractivity contribution is -0.125. The van der Waals surface area contributed by atoms with Gasteiger partial charge in [0.25, 0.3) is 11.8 Å². The number of phenols is 1. The van der Waals surface area contributed by atoms with Crippen LogP contribution in [-0.2, 0) is 19.2 Å². The van der Waals surface area contributed by atoms with E-state index < -0.39 is 98.2 Å². The standard InChI is InChI=1S/C33H20Cl3F5N2O6/c1-49-19-10-14(44)6-7-16(19)21-15-8-9-17-20(29(46)42(28(17)45)13-4-2-12(34)3-5-13)18(15)11-32(35)30(47)43(31(48)33(21,32)36)27-25(40)23(38)22(37)24(39)26(27)41/h2-8,10,17-18,20-21,44H,9,11H2,1H3. The summed E-state index contributed by atoms with van der Waals surface area (Å²) in [5.74, 6) is -22.0. The van der Waals surface area contributed by atoms with Crippen LogP contribution in [0.5, 0.6) is 11.5 Å². The first-order chi connectivity index (χ1) is 23.1. The maximum atomic E-state index is 15.2. The number of halogens is 8. The number of allylic oxidation sites excluding steroid dienone is 2. The van der Waals surface area contributed by atoms with Gasteiger partial charge < -0.3 is 9.84 Å². The summed E-state index contributed by atoms with van der Waals surface area (Å²) < 4.78 is 78.7. The molecule has 2 aliphatic heterocycles. The lowest BCUT2D eigenvalue weighted by Crippen LogP contribution is -2.60. The first kappa shape index (κ1) is 33.3. The number of anilines is 2. The molecule has 3 aromatic carbocycles. The number of methoxy groups -OCH3 is 1. The van der Waals surface area contributed by atoms with Crippen LogP contribution in [0.3, 0.4) is 0 Å². The molecule has 6 atom stereocenters. The van der Waals surface area contributed by atoms with Gasteiger partial charge in [0, 0.05) is 22.6 Å². The van der Waals surface area contributed by atoms with Gasteiger partial charge >= 0.3 is 0 Å². The van der Waals surface area contributed by atoms with Gasteiger partial charge in [0.15, 0.2) is 33.0 Å². The Morgan fingerprint density at radius 1 is 0.816 bits per heavy atom. The van der Waals surface area contributed by atoms with Crippen LogP contribution in [0.15, 0.2) is 54.1 Å². The molecule has 4 aliphatic rings. The number of nitrogens with zero attached hydrogens (tertiary/aromatic N) is 2. The highest BCUT2D eigenvalue weighted by Crippen LogP contribution is 2.67. The minimum absolute atomic E-state index is 0.0291. The number of phenolic OH excluding ortho intramolecular Hbond substituents is 1. The van der Waals surface area contributed by atoms with Gasteiger partial charge in [-0.25, -0.2) is 26.9 Å². The Labute approximate surface area is 288 Å². The molecular weight excluding hydrogens is 722 g/mol. The SMILES string of the molecule is COc1cc(O)ccc1C1C2=CCC3C(=O)N(c4ccc(Cl)cc4)C(=O)C3C2CC2(Cl)C(=O)N(c3c(F)c(F)c(F)c(F)c3F)C(=O)C12Cl. The van der Waals surface area contributed by atoms with Crippen molar-refractivity contribution in [2.45, 2.75) is 28.5 Å². The van der Waals surface area contributed by atoms with Crippen LogP contribution in [0.1, 0.15) is 24.3 Å². The summed E-state index contributed by atoms with van der Waals surface area (Å²) in [7, 11) is 1.21. The molecule has 6 unspecified atom stereocenters. The number of rotatable bonds is 4. The lowest BCUT2D eigenvalue weighted by Gasteiger charge is -2.50. The van der Waals surface area contributed by atoms with Crippen molar-refractivity contribution in [3.8, 4) is 11.5 Å². The summed E-state index contributed by atoms with van der Waals surface area (Å²) in [6.45, 7) is 0. The zero-order valence-corrected chi connectivity index (χ0v) is 27.0. The number of alkyl halides is 2. The zero-order chi connectivity index (χ0) is 35.5. The van der Waals surface area contributed by atoms with Gasteiger partial charge in [-0.3, -0.25) is 24.1 Å². The number of benzene rings is 3. The molecule has 2 aliphatic carbocycles. The molecule has 2 heterocycles. The Hall–Kier alpha value is -4.20. The van der Waals surface area contributed by atoms with E-state index in [0.717, 1.165) is 11.0 Å². The molecule has 254 valence electrons. The maximum Gasteiger partial charge on any atom is 0.258 e. The van der Waals surface area contributed by atoms with E-state index in [2.05, 4.69) is 0 Å². The number of amides is 4. The van der Waals surface area contributed by atoms with Gasteiger partial charge in [-0.15, -0.1) is 23.2 Å². The molecular formula is C33H20Cl3F5N2O6. The van der Waals surface area contributed by atoms with Crippen molar-refractivity contribution >= 4 is 69.8 Å². The molecule has 1 saturated carbocycles. The Bertz CT molecular complexity index is 2040. The summed E-state index contributed by atoms with van der Waals surface area (Å²) in [4.78, 5) is 51.8. The fourth-order valence-corrected chi connectivity index (χ4v) is 8.75. The second kappa shape index (κ2) is 11.2. The lowest BCUT2D eigenvalue weighted by atomic mass is 9.56. The molecule has 8 nitrogen and oxygen atoms in total. The number of carbonyl (C=O) groups is 4. The van der Waals surface area contributed by atoms with Crippen LogP contribution in [0, 0.1) is 46.8 Å². The van der Waals surface area contributed by atoms with Gasteiger partial charge in [-0.1, -0.05) is 29.3 Å². The third-order valence-electron chi connectivity index (χ3n) is 9.83. The van der Waals surface area contributed by atoms with Crippen molar-refractivity contribution in [2.75, 3.05) is 16.9 Å². The van der Waals surface area contributed by atoms with Crippen LogP contribution in [-0.4, -0.2) is 45.6 Å². The second-order valence-electron chi connectivity index (χ2n) is 12.1. The highest BCUT2D eigenvalue weighted by Gasteiger charge is 2.77. The average molecular weight is 742 g/mol. The summed E-state index contributed by atoms with van der Waals surface area (Å²) in [6.07, 6.45) is 0.846. The Balaban J connectivity index is 1.45. The molecule has 0 aromatic heterocycles. The number of ether oxygens (including phenoxy) is 1. The smallest absolute Gasteiger partial charge is 0.258 e. The average Bonchev–Trinajstić information content (AvgIpc) is 3.41. The van der Waals surface area contributed by atoms with Crippen LogP contribution in [0.2, 0.25) is 5.02 Å². The third kappa shape index (κ3) is 4.27. The van der Waals surface area contributed by atoms with Gasteiger partial charge in [-0.2, -0.15) is 0 Å². The number of imide groups is 2. The van der Waals surface area contributed by atoms with E-state index in [-0.39, 0.29) is 39.6 Å². The molecule has 0 bridgehead atoms. The molecule has 16 heteroatoms. The van der Waals surface area contributed by atoms with Gasteiger partial charge in [0.2, 0.25) is 17.6 Å². The van der Waals surface area contributed by atoms with Crippen LogP contribution in [0.4, 0.5) is 33.3 Å². The van der Waals surface area contributed by atoms with Crippen molar-refractivity contribution in [2.24, 2.45) is 17.8 Å². The van der Waals surface area contributed by atoms with Gasteiger partial charge in [0.05, 0.1) is 24.6 Å². The van der Waals surface area contributed by atoms with Crippen molar-refractivity contribution < 1.29 is 51.0 Å². The quantitative estimate of drug-likeness (QED) is 0.0817. The van der Waals surface area contributed by atoms with Gasteiger partial charge in [-0.05, 0) is 49.1 Å². The topological polar surface area (TPSA) is 104 Å². The summed E-state index contributed by atoms with van der Waals surface area (Å²) in [5.41, 5.74) is -1.41. The Morgan fingerprint density at radius 2 is 1.43 bits per heavy atom. The molecule has 3 fully saturated rings. The van der Waals surface area contributed by atoms with E-state index in [1.165, 1.54) is 43.5 Å². The van der Waals surface area contributed by atoms with E-state index in [9.17, 15) is 37.5 Å². The number of aromatic hydroxyl groups is 1. The monoisotopic (exact) mass is 740 g/mol. The molecule has 0 radical (unpaired) electrons. The first-order valence-corrected chi connectivity index (χ1v) is 15.7. The predicted octanol–water partition coefficient (Wildman–Crippen LogP) is 6.52. The molecule has 4 amide bonds. The van der Waals surface area contributed by atoms with E-state index >= 15 is 8.78 Å². The van der Waals surface area contributed by atoms with E-state index in [4.69, 9.17) is 39.5 Å². The zero-order valence-electron chi connectivity index (χ0n) is 24.7. The number of hydrogen-bond donors (Lipinski definition) is 1. The van der Waals surface area contributed by atoms with Crippen molar-refractivity contribution in [3.63, 3.8) is 0 Å². The first-order valence-electron chi connectivity index (χ1n) is 14.6. The number of carbonyl (C=O) groups excluding carboxylic acids is 4. The minimum Gasteiger partial charge on any atom is -0.508 e. The number of fused-ring (bicyclic) bond motifs is 4. The molecule has 7 rings (SSSR count). The normalized spacial score (nSPS) is 29.2. The summed E-state index contributed by atoms with van der Waals surface area (Å²) in [6, 6.07) is 9.50. The number of hydrogen-bond acceptors (Lipinski definition) is 6. The molecule has 0 spiro atoms.